The number of unbranched alkanes of at least 4 members (excludes halogenated alkanes) is 1. The maximum Gasteiger partial charge on any atom is 0.124 e. The van der Waals surface area contributed by atoms with Crippen molar-refractivity contribution in [2.24, 2.45) is 5.73 Å². The molecule has 2 nitrogen and oxygen atoms in total. The number of para-hydroxylation sites is 1. The molecule has 0 saturated heterocycles. The first-order valence-corrected chi connectivity index (χ1v) is 6.16. The number of nitrogens with two attached hydrogens (primary N) is 1. The zero-order chi connectivity index (χ0) is 12.0. The Morgan fingerprint density at radius 2 is 1.94 bits per heavy atom. The fraction of sp³-hybridized carbons (Fsp3) is 0.571. The number of hydrogen-bond acceptors (Lipinski definition) is 2. The third-order valence-electron chi connectivity index (χ3n) is 2.55. The van der Waals surface area contributed by atoms with Crippen LogP contribution in [0.5, 0.6) is 5.75 Å². The zero-order valence-electron chi connectivity index (χ0n) is 10.6. The lowest BCUT2D eigenvalue weighted by atomic mass is 10.0. The SMILES string of the molecule is CCCCC(N)c1ccccc1OC(C)C. The molecule has 0 aliphatic rings. The minimum Gasteiger partial charge on any atom is -0.491 e. The molecule has 0 fully saturated rings. The summed E-state index contributed by atoms with van der Waals surface area (Å²) < 4.78 is 5.77. The van der Waals surface area contributed by atoms with E-state index >= 15 is 0 Å². The van der Waals surface area contributed by atoms with Crippen LogP contribution in [0.3, 0.4) is 0 Å². The maximum absolute atomic E-state index is 6.18. The van der Waals surface area contributed by atoms with Crippen molar-refractivity contribution in [1.82, 2.24) is 0 Å². The number of rotatable bonds is 6. The van der Waals surface area contributed by atoms with Crippen LogP contribution in [-0.4, -0.2) is 6.10 Å². The van der Waals surface area contributed by atoms with Gasteiger partial charge in [-0.1, -0.05) is 38.0 Å². The van der Waals surface area contributed by atoms with Gasteiger partial charge in [-0.15, -0.1) is 0 Å². The molecule has 0 amide bonds. The van der Waals surface area contributed by atoms with Crippen LogP contribution in [0, 0.1) is 0 Å². The summed E-state index contributed by atoms with van der Waals surface area (Å²) in [5, 5.41) is 0. The molecule has 1 rings (SSSR count). The molecule has 2 N–H and O–H groups in total. The van der Waals surface area contributed by atoms with Crippen molar-refractivity contribution in [3.63, 3.8) is 0 Å². The quantitative estimate of drug-likeness (QED) is 0.795. The molecular formula is C14H23NO. The average molecular weight is 221 g/mol. The number of benzene rings is 1. The minimum absolute atomic E-state index is 0.0925. The lowest BCUT2D eigenvalue weighted by Crippen LogP contribution is -2.14. The van der Waals surface area contributed by atoms with Gasteiger partial charge in [0, 0.05) is 11.6 Å². The summed E-state index contributed by atoms with van der Waals surface area (Å²) in [7, 11) is 0. The van der Waals surface area contributed by atoms with E-state index in [1.54, 1.807) is 0 Å². The Morgan fingerprint density at radius 1 is 1.25 bits per heavy atom. The molecule has 1 unspecified atom stereocenters. The summed E-state index contributed by atoms with van der Waals surface area (Å²) >= 11 is 0. The molecule has 1 aromatic carbocycles. The molecule has 0 saturated carbocycles. The van der Waals surface area contributed by atoms with Crippen LogP contribution in [0.4, 0.5) is 0 Å². The van der Waals surface area contributed by atoms with Crippen molar-refractivity contribution in [3.8, 4) is 5.75 Å². The Hall–Kier alpha value is -1.02. The van der Waals surface area contributed by atoms with Gasteiger partial charge in [-0.25, -0.2) is 0 Å². The summed E-state index contributed by atoms with van der Waals surface area (Å²) in [5.74, 6) is 0.932. The van der Waals surface area contributed by atoms with E-state index in [0.717, 1.165) is 24.2 Å². The topological polar surface area (TPSA) is 35.2 Å². The van der Waals surface area contributed by atoms with Crippen LogP contribution in [0.2, 0.25) is 0 Å². The molecule has 16 heavy (non-hydrogen) atoms. The summed E-state index contributed by atoms with van der Waals surface area (Å²) in [6.45, 7) is 6.26. The van der Waals surface area contributed by atoms with Crippen molar-refractivity contribution in [1.29, 1.82) is 0 Å². The highest BCUT2D eigenvalue weighted by Gasteiger charge is 2.11. The van der Waals surface area contributed by atoms with E-state index in [0.29, 0.717) is 0 Å². The predicted molar refractivity (Wildman–Crippen MR) is 68.7 cm³/mol. The van der Waals surface area contributed by atoms with E-state index in [1.807, 2.05) is 32.0 Å². The fourth-order valence-corrected chi connectivity index (χ4v) is 1.73. The van der Waals surface area contributed by atoms with Crippen LogP contribution < -0.4 is 10.5 Å². The van der Waals surface area contributed by atoms with Gasteiger partial charge in [0.2, 0.25) is 0 Å². The second-order valence-electron chi connectivity index (χ2n) is 4.45. The van der Waals surface area contributed by atoms with Crippen molar-refractivity contribution < 1.29 is 4.74 Å². The maximum atomic E-state index is 6.18. The summed E-state index contributed by atoms with van der Waals surface area (Å²) in [6.07, 6.45) is 3.56. The third kappa shape index (κ3) is 3.86. The van der Waals surface area contributed by atoms with Gasteiger partial charge >= 0.3 is 0 Å². The van der Waals surface area contributed by atoms with Gasteiger partial charge in [-0.3, -0.25) is 0 Å². The first-order chi connectivity index (χ1) is 7.65. The van der Waals surface area contributed by atoms with Gasteiger partial charge in [-0.2, -0.15) is 0 Å². The highest BCUT2D eigenvalue weighted by atomic mass is 16.5. The van der Waals surface area contributed by atoms with Crippen LogP contribution in [0.1, 0.15) is 51.6 Å². The molecule has 0 bridgehead atoms. The van der Waals surface area contributed by atoms with Crippen molar-refractivity contribution >= 4 is 0 Å². The molecule has 0 aromatic heterocycles. The summed E-state index contributed by atoms with van der Waals surface area (Å²) in [5.41, 5.74) is 7.31. The van der Waals surface area contributed by atoms with E-state index in [-0.39, 0.29) is 12.1 Å². The minimum atomic E-state index is 0.0925. The Morgan fingerprint density at radius 3 is 2.56 bits per heavy atom. The van der Waals surface area contributed by atoms with Crippen LogP contribution in [0.15, 0.2) is 24.3 Å². The summed E-state index contributed by atoms with van der Waals surface area (Å²) in [4.78, 5) is 0. The molecule has 0 spiro atoms. The van der Waals surface area contributed by atoms with Gasteiger partial charge in [0.15, 0.2) is 0 Å². The van der Waals surface area contributed by atoms with Gasteiger partial charge in [0.25, 0.3) is 0 Å². The first kappa shape index (κ1) is 13.0. The second kappa shape index (κ2) is 6.54. The highest BCUT2D eigenvalue weighted by molar-refractivity contribution is 5.35. The van der Waals surface area contributed by atoms with E-state index in [4.69, 9.17) is 10.5 Å². The highest BCUT2D eigenvalue weighted by Crippen LogP contribution is 2.27. The van der Waals surface area contributed by atoms with E-state index in [9.17, 15) is 0 Å². The van der Waals surface area contributed by atoms with E-state index < -0.39 is 0 Å². The Balaban J connectivity index is 2.76. The van der Waals surface area contributed by atoms with Crippen molar-refractivity contribution in [2.75, 3.05) is 0 Å². The molecule has 1 aromatic rings. The average Bonchev–Trinajstić information content (AvgIpc) is 2.26. The van der Waals surface area contributed by atoms with Gasteiger partial charge in [0.05, 0.1) is 6.10 Å². The predicted octanol–water partition coefficient (Wildman–Crippen LogP) is 3.66. The van der Waals surface area contributed by atoms with E-state index in [2.05, 4.69) is 13.0 Å². The second-order valence-corrected chi connectivity index (χ2v) is 4.45. The molecule has 0 aliphatic heterocycles. The third-order valence-corrected chi connectivity index (χ3v) is 2.55. The lowest BCUT2D eigenvalue weighted by molar-refractivity contribution is 0.238. The Kier molecular flexibility index (Phi) is 5.33. The largest absolute Gasteiger partial charge is 0.491 e. The summed E-state index contributed by atoms with van der Waals surface area (Å²) in [6, 6.07) is 8.18. The van der Waals surface area contributed by atoms with Crippen LogP contribution in [0.25, 0.3) is 0 Å². The molecular weight excluding hydrogens is 198 g/mol. The van der Waals surface area contributed by atoms with Crippen LogP contribution in [-0.2, 0) is 0 Å². The van der Waals surface area contributed by atoms with Crippen molar-refractivity contribution in [2.45, 2.75) is 52.2 Å². The Bertz CT molecular complexity index is 309. The molecule has 1 atom stereocenters. The molecule has 0 radical (unpaired) electrons. The molecule has 0 heterocycles. The zero-order valence-corrected chi connectivity index (χ0v) is 10.6. The smallest absolute Gasteiger partial charge is 0.124 e. The monoisotopic (exact) mass is 221 g/mol. The standard InChI is InChI=1S/C14H23NO/c1-4-5-9-13(15)12-8-6-7-10-14(12)16-11(2)3/h6-8,10-11,13H,4-5,9,15H2,1-3H3. The fourth-order valence-electron chi connectivity index (χ4n) is 1.73. The van der Waals surface area contributed by atoms with E-state index in [1.165, 1.54) is 6.42 Å². The van der Waals surface area contributed by atoms with Crippen LogP contribution >= 0.6 is 0 Å². The normalized spacial score (nSPS) is 12.8. The Labute approximate surface area is 98.8 Å². The molecule has 90 valence electrons. The molecule has 2 heteroatoms. The van der Waals surface area contributed by atoms with Gasteiger partial charge in [-0.05, 0) is 26.3 Å². The lowest BCUT2D eigenvalue weighted by Gasteiger charge is -2.18. The van der Waals surface area contributed by atoms with Gasteiger partial charge in [0.1, 0.15) is 5.75 Å². The van der Waals surface area contributed by atoms with Crippen molar-refractivity contribution in [3.05, 3.63) is 29.8 Å². The first-order valence-electron chi connectivity index (χ1n) is 6.16. The number of ether oxygens (including phenoxy) is 1. The number of hydrogen-bond donors (Lipinski definition) is 1. The van der Waals surface area contributed by atoms with Gasteiger partial charge < -0.3 is 10.5 Å². The molecule has 0 aliphatic carbocycles.